The summed E-state index contributed by atoms with van der Waals surface area (Å²) in [5.41, 5.74) is 1.60. The number of hydrogen-bond acceptors (Lipinski definition) is 6. The van der Waals surface area contributed by atoms with Gasteiger partial charge in [-0.15, -0.1) is 0 Å². The van der Waals surface area contributed by atoms with Crippen LogP contribution in [0.25, 0.3) is 0 Å². The van der Waals surface area contributed by atoms with Gasteiger partial charge in [0, 0.05) is 0 Å². The minimum absolute atomic E-state index is 0.0207. The van der Waals surface area contributed by atoms with E-state index in [2.05, 4.69) is 10.6 Å². The Balaban J connectivity index is 1.88. The Morgan fingerprint density at radius 3 is 1.84 bits per heavy atom. The lowest BCUT2D eigenvalue weighted by Crippen LogP contribution is -2.54. The first-order valence-electron chi connectivity index (χ1n) is 9.99. The van der Waals surface area contributed by atoms with E-state index in [1.807, 2.05) is 48.5 Å². The zero-order valence-corrected chi connectivity index (χ0v) is 17.6. The van der Waals surface area contributed by atoms with E-state index in [0.29, 0.717) is 0 Å². The summed E-state index contributed by atoms with van der Waals surface area (Å²) < 4.78 is 10.4. The van der Waals surface area contributed by atoms with Gasteiger partial charge in [-0.2, -0.15) is 0 Å². The van der Waals surface area contributed by atoms with Crippen LogP contribution >= 0.6 is 0 Å². The van der Waals surface area contributed by atoms with Crippen LogP contribution in [0.5, 0.6) is 0 Å². The molecule has 0 bridgehead atoms. The monoisotopic (exact) mass is 428 g/mol. The Morgan fingerprint density at radius 1 is 0.839 bits per heavy atom. The Hall–Kier alpha value is -3.39. The zero-order valence-electron chi connectivity index (χ0n) is 17.6. The fraction of sp³-hybridized carbons (Fsp3) is 0.348. The normalized spacial score (nSPS) is 12.5. The molecule has 0 unspecified atom stereocenters. The maximum atomic E-state index is 12.5. The third-order valence-corrected chi connectivity index (χ3v) is 4.45. The molecule has 0 saturated carbocycles. The van der Waals surface area contributed by atoms with Crippen molar-refractivity contribution in [2.24, 2.45) is 5.92 Å². The van der Waals surface area contributed by atoms with Gasteiger partial charge in [-0.05, 0) is 17.0 Å². The highest BCUT2D eigenvalue weighted by Gasteiger charge is 2.29. The first kappa shape index (κ1) is 23.9. The van der Waals surface area contributed by atoms with E-state index < -0.39 is 36.7 Å². The number of nitrogens with one attached hydrogen (secondary N) is 2. The van der Waals surface area contributed by atoms with Crippen LogP contribution in [-0.2, 0) is 32.3 Å². The number of aliphatic hydroxyl groups is 1. The molecule has 3 N–H and O–H groups in total. The molecule has 0 radical (unpaired) electrons. The molecule has 2 atom stereocenters. The summed E-state index contributed by atoms with van der Waals surface area (Å²) in [7, 11) is 0. The maximum Gasteiger partial charge on any atom is 0.408 e. The van der Waals surface area contributed by atoms with Crippen LogP contribution in [0.4, 0.5) is 4.79 Å². The van der Waals surface area contributed by atoms with E-state index in [1.54, 1.807) is 26.0 Å². The molecule has 2 aromatic rings. The standard InChI is InChI=1S/C23H28N2O6/c1-16(2)20(22(28)30-14-17-9-5-3-6-10-17)25-21(27)19(13-26)24-23(29)31-15-18-11-7-4-8-12-18/h3-12,16,19-20,26H,13-15H2,1-2H3,(H,24,29)(H,25,27)/t19-,20+/m0/s1. The van der Waals surface area contributed by atoms with Crippen LogP contribution < -0.4 is 10.6 Å². The van der Waals surface area contributed by atoms with Crippen molar-refractivity contribution in [3.63, 3.8) is 0 Å². The van der Waals surface area contributed by atoms with Crippen LogP contribution in [0.3, 0.4) is 0 Å². The van der Waals surface area contributed by atoms with Crippen molar-refractivity contribution in [2.45, 2.75) is 39.1 Å². The third-order valence-electron chi connectivity index (χ3n) is 4.45. The molecule has 0 aliphatic carbocycles. The van der Waals surface area contributed by atoms with Gasteiger partial charge in [-0.3, -0.25) is 4.79 Å². The highest BCUT2D eigenvalue weighted by Crippen LogP contribution is 2.08. The number of ether oxygens (including phenoxy) is 2. The molecule has 0 saturated heterocycles. The number of aliphatic hydroxyl groups excluding tert-OH is 1. The van der Waals surface area contributed by atoms with E-state index >= 15 is 0 Å². The van der Waals surface area contributed by atoms with Crippen molar-refractivity contribution >= 4 is 18.0 Å². The molecule has 8 heteroatoms. The summed E-state index contributed by atoms with van der Waals surface area (Å²) in [6, 6.07) is 16.0. The molecular weight excluding hydrogens is 400 g/mol. The lowest BCUT2D eigenvalue weighted by Gasteiger charge is -2.23. The van der Waals surface area contributed by atoms with Gasteiger partial charge in [-0.1, -0.05) is 74.5 Å². The molecule has 0 aromatic heterocycles. The zero-order chi connectivity index (χ0) is 22.6. The molecule has 2 rings (SSSR count). The van der Waals surface area contributed by atoms with Gasteiger partial charge in [0.05, 0.1) is 6.61 Å². The number of esters is 1. The van der Waals surface area contributed by atoms with Gasteiger partial charge >= 0.3 is 12.1 Å². The lowest BCUT2D eigenvalue weighted by molar-refractivity contribution is -0.150. The predicted molar refractivity (Wildman–Crippen MR) is 114 cm³/mol. The Labute approximate surface area is 181 Å². The summed E-state index contributed by atoms with van der Waals surface area (Å²) in [5, 5.41) is 14.4. The van der Waals surface area contributed by atoms with Gasteiger partial charge in [0.2, 0.25) is 5.91 Å². The highest BCUT2D eigenvalue weighted by molar-refractivity contribution is 5.89. The van der Waals surface area contributed by atoms with Crippen molar-refractivity contribution in [1.29, 1.82) is 0 Å². The summed E-state index contributed by atoms with van der Waals surface area (Å²) in [4.78, 5) is 37.0. The fourth-order valence-corrected chi connectivity index (χ4v) is 2.67. The second-order valence-electron chi connectivity index (χ2n) is 7.26. The molecule has 0 aliphatic heterocycles. The van der Waals surface area contributed by atoms with Crippen molar-refractivity contribution in [3.8, 4) is 0 Å². The molecule has 0 spiro atoms. The van der Waals surface area contributed by atoms with E-state index in [1.165, 1.54) is 0 Å². The molecule has 0 aliphatic rings. The van der Waals surface area contributed by atoms with E-state index in [0.717, 1.165) is 11.1 Å². The van der Waals surface area contributed by atoms with Gasteiger partial charge in [-0.25, -0.2) is 9.59 Å². The van der Waals surface area contributed by atoms with Gasteiger partial charge < -0.3 is 25.2 Å². The van der Waals surface area contributed by atoms with Crippen molar-refractivity contribution in [1.82, 2.24) is 10.6 Å². The Kier molecular flexibility index (Phi) is 9.51. The smallest absolute Gasteiger partial charge is 0.408 e. The van der Waals surface area contributed by atoms with E-state index in [9.17, 15) is 19.5 Å². The van der Waals surface area contributed by atoms with Crippen LogP contribution in [-0.4, -0.2) is 41.8 Å². The molecule has 166 valence electrons. The summed E-state index contributed by atoms with van der Waals surface area (Å²) in [6.45, 7) is 2.95. The highest BCUT2D eigenvalue weighted by atomic mass is 16.5. The number of hydrogen-bond donors (Lipinski definition) is 3. The number of rotatable bonds is 10. The Bertz CT molecular complexity index is 842. The van der Waals surface area contributed by atoms with Crippen molar-refractivity contribution in [2.75, 3.05) is 6.61 Å². The molecule has 8 nitrogen and oxygen atoms in total. The molecular formula is C23H28N2O6. The van der Waals surface area contributed by atoms with E-state index in [4.69, 9.17) is 9.47 Å². The molecule has 2 amide bonds. The minimum atomic E-state index is -1.27. The maximum absolute atomic E-state index is 12.5. The quantitative estimate of drug-likeness (QED) is 0.500. The van der Waals surface area contributed by atoms with Gasteiger partial charge in [0.15, 0.2) is 0 Å². The van der Waals surface area contributed by atoms with Crippen molar-refractivity contribution in [3.05, 3.63) is 71.8 Å². The largest absolute Gasteiger partial charge is 0.459 e. The first-order valence-corrected chi connectivity index (χ1v) is 9.99. The number of amides is 2. The molecule has 31 heavy (non-hydrogen) atoms. The molecule has 2 aromatic carbocycles. The first-order chi connectivity index (χ1) is 14.9. The second-order valence-corrected chi connectivity index (χ2v) is 7.26. The van der Waals surface area contributed by atoms with E-state index in [-0.39, 0.29) is 19.1 Å². The number of benzene rings is 2. The van der Waals surface area contributed by atoms with Gasteiger partial charge in [0.1, 0.15) is 25.3 Å². The van der Waals surface area contributed by atoms with Crippen LogP contribution in [0, 0.1) is 5.92 Å². The fourth-order valence-electron chi connectivity index (χ4n) is 2.67. The lowest BCUT2D eigenvalue weighted by atomic mass is 10.0. The van der Waals surface area contributed by atoms with Crippen LogP contribution in [0.15, 0.2) is 60.7 Å². The number of alkyl carbamates (subject to hydrolysis) is 1. The van der Waals surface area contributed by atoms with Crippen LogP contribution in [0.2, 0.25) is 0 Å². The van der Waals surface area contributed by atoms with Gasteiger partial charge in [0.25, 0.3) is 0 Å². The SMILES string of the molecule is CC(C)[C@@H](NC(=O)[C@H](CO)NC(=O)OCc1ccccc1)C(=O)OCc1ccccc1. The molecule has 0 heterocycles. The molecule has 0 fully saturated rings. The summed E-state index contributed by atoms with van der Waals surface area (Å²) in [5.74, 6) is -1.58. The summed E-state index contributed by atoms with van der Waals surface area (Å²) in [6.07, 6.45) is -0.856. The number of carbonyl (C=O) groups is 3. The average molecular weight is 428 g/mol. The minimum Gasteiger partial charge on any atom is -0.459 e. The average Bonchev–Trinajstić information content (AvgIpc) is 2.79. The topological polar surface area (TPSA) is 114 Å². The van der Waals surface area contributed by atoms with Crippen molar-refractivity contribution < 1.29 is 29.0 Å². The summed E-state index contributed by atoms with van der Waals surface area (Å²) >= 11 is 0. The predicted octanol–water partition coefficient (Wildman–Crippen LogP) is 2.16. The Morgan fingerprint density at radius 2 is 1.35 bits per heavy atom. The number of carbonyl (C=O) groups excluding carboxylic acids is 3. The van der Waals surface area contributed by atoms with Crippen LogP contribution in [0.1, 0.15) is 25.0 Å². The second kappa shape index (κ2) is 12.3. The third kappa shape index (κ3) is 8.10.